The maximum Gasteiger partial charge on any atom is 0.270 e. The molecule has 0 unspecified atom stereocenters. The van der Waals surface area contributed by atoms with Crippen LogP contribution in [0.5, 0.6) is 0 Å². The lowest BCUT2D eigenvalue weighted by Crippen LogP contribution is -2.43. The Kier molecular flexibility index (Phi) is 5.94. The van der Waals surface area contributed by atoms with Crippen molar-refractivity contribution in [2.24, 2.45) is 0 Å². The summed E-state index contributed by atoms with van der Waals surface area (Å²) in [6.45, 7) is 3.81. The minimum atomic E-state index is -0.122. The SMILES string of the molecule is O=C(NC[C@@H](c1cccs1)N1CCOCC1)c1csc(-c2ccccc2)n1. The van der Waals surface area contributed by atoms with E-state index >= 15 is 0 Å². The number of hydrogen-bond acceptors (Lipinski definition) is 6. The van der Waals surface area contributed by atoms with Crippen LogP contribution in [0.3, 0.4) is 0 Å². The molecule has 0 radical (unpaired) electrons. The Morgan fingerprint density at radius 3 is 2.70 bits per heavy atom. The molecule has 1 aliphatic rings. The van der Waals surface area contributed by atoms with Gasteiger partial charge in [0.05, 0.1) is 19.3 Å². The number of thiophene rings is 1. The van der Waals surface area contributed by atoms with Crippen molar-refractivity contribution in [3.63, 3.8) is 0 Å². The molecule has 0 bridgehead atoms. The fraction of sp³-hybridized carbons (Fsp3) is 0.300. The Labute approximate surface area is 166 Å². The number of morpholine rings is 1. The van der Waals surface area contributed by atoms with E-state index in [2.05, 4.69) is 32.7 Å². The lowest BCUT2D eigenvalue weighted by molar-refractivity contribution is 0.0169. The highest BCUT2D eigenvalue weighted by Gasteiger charge is 2.24. The van der Waals surface area contributed by atoms with Gasteiger partial charge in [0.2, 0.25) is 0 Å². The molecule has 7 heteroatoms. The summed E-state index contributed by atoms with van der Waals surface area (Å²) in [5.41, 5.74) is 1.51. The molecule has 1 aliphatic heterocycles. The highest BCUT2D eigenvalue weighted by atomic mass is 32.1. The molecule has 1 atom stereocenters. The van der Waals surface area contributed by atoms with Crippen LogP contribution in [0, 0.1) is 0 Å². The van der Waals surface area contributed by atoms with E-state index in [9.17, 15) is 4.79 Å². The van der Waals surface area contributed by atoms with Crippen molar-refractivity contribution in [3.05, 3.63) is 63.8 Å². The maximum atomic E-state index is 12.6. The van der Waals surface area contributed by atoms with Gasteiger partial charge in [-0.25, -0.2) is 4.98 Å². The van der Waals surface area contributed by atoms with Crippen LogP contribution in [0.4, 0.5) is 0 Å². The Morgan fingerprint density at radius 2 is 1.96 bits per heavy atom. The second-order valence-corrected chi connectivity index (χ2v) is 8.13. The number of benzene rings is 1. The predicted octanol–water partition coefficient (Wildman–Crippen LogP) is 3.67. The molecule has 5 nitrogen and oxygen atoms in total. The number of nitrogens with zero attached hydrogens (tertiary/aromatic N) is 2. The normalized spacial score (nSPS) is 16.1. The molecule has 1 saturated heterocycles. The van der Waals surface area contributed by atoms with Crippen LogP contribution < -0.4 is 5.32 Å². The minimum absolute atomic E-state index is 0.122. The van der Waals surface area contributed by atoms with E-state index in [1.54, 1.807) is 11.3 Å². The van der Waals surface area contributed by atoms with E-state index < -0.39 is 0 Å². The molecule has 4 rings (SSSR count). The first-order chi connectivity index (χ1) is 13.3. The lowest BCUT2D eigenvalue weighted by Gasteiger charge is -2.34. The minimum Gasteiger partial charge on any atom is -0.379 e. The topological polar surface area (TPSA) is 54.5 Å². The van der Waals surface area contributed by atoms with Gasteiger partial charge < -0.3 is 10.1 Å². The van der Waals surface area contributed by atoms with Crippen LogP contribution in [0.25, 0.3) is 10.6 Å². The first-order valence-electron chi connectivity index (χ1n) is 8.95. The second kappa shape index (κ2) is 8.75. The Bertz CT molecular complexity index is 859. The first-order valence-corrected chi connectivity index (χ1v) is 10.7. The number of hydrogen-bond donors (Lipinski definition) is 1. The maximum absolute atomic E-state index is 12.6. The molecule has 140 valence electrons. The molecular formula is C20H21N3O2S2. The van der Waals surface area contributed by atoms with Gasteiger partial charge in [0.1, 0.15) is 10.7 Å². The Morgan fingerprint density at radius 1 is 1.15 bits per heavy atom. The van der Waals surface area contributed by atoms with Crippen LogP contribution in [-0.2, 0) is 4.74 Å². The molecule has 1 amide bonds. The summed E-state index contributed by atoms with van der Waals surface area (Å²) in [6, 6.07) is 14.3. The fourth-order valence-electron chi connectivity index (χ4n) is 3.15. The Hall–Kier alpha value is -2.06. The molecule has 1 fully saturated rings. The van der Waals surface area contributed by atoms with Gasteiger partial charge in [-0.2, -0.15) is 0 Å². The molecule has 27 heavy (non-hydrogen) atoms. The standard InChI is InChI=1S/C20H21N3O2S2/c24-19(16-14-27-20(22-16)15-5-2-1-3-6-15)21-13-17(18-7-4-12-26-18)23-8-10-25-11-9-23/h1-7,12,14,17H,8-11,13H2,(H,21,24)/t17-/m0/s1. The monoisotopic (exact) mass is 399 g/mol. The van der Waals surface area contributed by atoms with E-state index in [4.69, 9.17) is 4.74 Å². The third kappa shape index (κ3) is 4.44. The second-order valence-electron chi connectivity index (χ2n) is 6.29. The first kappa shape index (κ1) is 18.3. The van der Waals surface area contributed by atoms with E-state index in [0.717, 1.165) is 36.9 Å². The van der Waals surface area contributed by atoms with E-state index in [1.165, 1.54) is 16.2 Å². The zero-order valence-electron chi connectivity index (χ0n) is 14.8. The number of ether oxygens (including phenoxy) is 1. The molecule has 3 heterocycles. The smallest absolute Gasteiger partial charge is 0.270 e. The van der Waals surface area contributed by atoms with Gasteiger partial charge in [0.15, 0.2) is 0 Å². The zero-order chi connectivity index (χ0) is 18.5. The average Bonchev–Trinajstić information content (AvgIpc) is 3.42. The molecule has 0 spiro atoms. The molecule has 0 saturated carbocycles. The number of nitrogens with one attached hydrogen (secondary N) is 1. The lowest BCUT2D eigenvalue weighted by atomic mass is 10.2. The van der Waals surface area contributed by atoms with Gasteiger partial charge in [-0.05, 0) is 11.4 Å². The number of aromatic nitrogens is 1. The molecule has 0 aliphatic carbocycles. The van der Waals surface area contributed by atoms with E-state index in [1.807, 2.05) is 35.7 Å². The zero-order valence-corrected chi connectivity index (χ0v) is 16.5. The highest BCUT2D eigenvalue weighted by Crippen LogP contribution is 2.26. The summed E-state index contributed by atoms with van der Waals surface area (Å²) in [5, 5.41) is 7.85. The van der Waals surface area contributed by atoms with Crippen LogP contribution >= 0.6 is 22.7 Å². The molecule has 1 N–H and O–H groups in total. The van der Waals surface area contributed by atoms with Crippen molar-refractivity contribution in [3.8, 4) is 10.6 Å². The van der Waals surface area contributed by atoms with Gasteiger partial charge in [-0.3, -0.25) is 9.69 Å². The predicted molar refractivity (Wildman–Crippen MR) is 109 cm³/mol. The van der Waals surface area contributed by atoms with Gasteiger partial charge in [-0.1, -0.05) is 36.4 Å². The molecular weight excluding hydrogens is 378 g/mol. The summed E-state index contributed by atoms with van der Waals surface area (Å²) in [5.74, 6) is -0.122. The van der Waals surface area contributed by atoms with Crippen molar-refractivity contribution in [2.45, 2.75) is 6.04 Å². The summed E-state index contributed by atoms with van der Waals surface area (Å²) < 4.78 is 5.47. The van der Waals surface area contributed by atoms with Crippen LogP contribution in [0.15, 0.2) is 53.2 Å². The Balaban J connectivity index is 1.43. The fourth-order valence-corrected chi connectivity index (χ4v) is 4.82. The quantitative estimate of drug-likeness (QED) is 0.687. The van der Waals surface area contributed by atoms with E-state index in [-0.39, 0.29) is 11.9 Å². The van der Waals surface area contributed by atoms with Crippen molar-refractivity contribution < 1.29 is 9.53 Å². The summed E-state index contributed by atoms with van der Waals surface area (Å²) in [7, 11) is 0. The molecule has 2 aromatic heterocycles. The van der Waals surface area contributed by atoms with Crippen molar-refractivity contribution >= 4 is 28.6 Å². The highest BCUT2D eigenvalue weighted by molar-refractivity contribution is 7.13. The van der Waals surface area contributed by atoms with Gasteiger partial charge in [0, 0.05) is 35.5 Å². The number of carbonyl (C=O) groups excluding carboxylic acids is 1. The third-order valence-corrected chi connectivity index (χ3v) is 6.44. The van der Waals surface area contributed by atoms with Crippen molar-refractivity contribution in [1.29, 1.82) is 0 Å². The average molecular weight is 400 g/mol. The third-order valence-electron chi connectivity index (χ3n) is 4.57. The summed E-state index contributed by atoms with van der Waals surface area (Å²) in [6.07, 6.45) is 0. The largest absolute Gasteiger partial charge is 0.379 e. The molecule has 1 aromatic carbocycles. The number of amides is 1. The summed E-state index contributed by atoms with van der Waals surface area (Å²) >= 11 is 3.22. The summed E-state index contributed by atoms with van der Waals surface area (Å²) in [4.78, 5) is 20.8. The number of carbonyl (C=O) groups is 1. The van der Waals surface area contributed by atoms with Gasteiger partial charge in [0.25, 0.3) is 5.91 Å². The van der Waals surface area contributed by atoms with Crippen LogP contribution in [0.2, 0.25) is 0 Å². The van der Waals surface area contributed by atoms with Gasteiger partial charge in [-0.15, -0.1) is 22.7 Å². The number of rotatable bonds is 6. The number of thiazole rings is 1. The van der Waals surface area contributed by atoms with Crippen LogP contribution in [0.1, 0.15) is 21.4 Å². The van der Waals surface area contributed by atoms with Crippen LogP contribution in [-0.4, -0.2) is 48.6 Å². The van der Waals surface area contributed by atoms with Crippen molar-refractivity contribution in [2.75, 3.05) is 32.8 Å². The van der Waals surface area contributed by atoms with Gasteiger partial charge >= 0.3 is 0 Å². The molecule has 3 aromatic rings. The van der Waals surface area contributed by atoms with Crippen molar-refractivity contribution in [1.82, 2.24) is 15.2 Å². The van der Waals surface area contributed by atoms with E-state index in [0.29, 0.717) is 12.2 Å².